The topological polar surface area (TPSA) is 46.0 Å². The third kappa shape index (κ3) is 1.98. The fourth-order valence-corrected chi connectivity index (χ4v) is 2.54. The van der Waals surface area contributed by atoms with Crippen LogP contribution in [0.25, 0.3) is 21.8 Å². The number of phenolic OH excluding ortho intramolecular Hbond substituents is 1. The summed E-state index contributed by atoms with van der Waals surface area (Å²) in [5, 5.41) is 12.7. The largest absolute Gasteiger partial charge is 0.507 e. The predicted molar refractivity (Wildman–Crippen MR) is 72.4 cm³/mol. The first-order chi connectivity index (χ1) is 8.84. The molecule has 4 heteroatoms. The van der Waals surface area contributed by atoms with E-state index in [0.717, 1.165) is 21.8 Å². The molecule has 0 radical (unpaired) electrons. The van der Waals surface area contributed by atoms with Crippen LogP contribution in [0.3, 0.4) is 0 Å². The number of para-hydroxylation sites is 1. The number of nitrogens with zero attached hydrogens (tertiary/aromatic N) is 2. The number of aromatic hydroxyl groups is 1. The molecule has 88 valence electrons. The highest BCUT2D eigenvalue weighted by molar-refractivity contribution is 7.13. The number of hydrogen-bond donors (Lipinski definition) is 1. The molecule has 0 unspecified atom stereocenters. The second-order valence-corrected chi connectivity index (χ2v) is 4.65. The maximum absolute atomic E-state index is 9.80. The summed E-state index contributed by atoms with van der Waals surface area (Å²) in [6.45, 7) is 0. The second kappa shape index (κ2) is 4.58. The third-order valence-electron chi connectivity index (χ3n) is 2.61. The number of phenols is 1. The predicted octanol–water partition coefficient (Wildman–Crippen LogP) is 3.58. The van der Waals surface area contributed by atoms with Crippen molar-refractivity contribution in [3.8, 4) is 27.6 Å². The van der Waals surface area contributed by atoms with Crippen LogP contribution < -0.4 is 0 Å². The zero-order chi connectivity index (χ0) is 12.4. The van der Waals surface area contributed by atoms with Crippen molar-refractivity contribution in [3.63, 3.8) is 0 Å². The van der Waals surface area contributed by atoms with E-state index in [-0.39, 0.29) is 5.75 Å². The van der Waals surface area contributed by atoms with E-state index in [0.29, 0.717) is 0 Å². The Morgan fingerprint density at radius 2 is 1.78 bits per heavy atom. The van der Waals surface area contributed by atoms with E-state index in [9.17, 15) is 5.11 Å². The van der Waals surface area contributed by atoms with Crippen molar-refractivity contribution in [1.29, 1.82) is 0 Å². The highest BCUT2D eigenvalue weighted by Gasteiger charge is 2.09. The molecule has 0 saturated heterocycles. The first-order valence-electron chi connectivity index (χ1n) is 5.49. The molecule has 0 atom stereocenters. The van der Waals surface area contributed by atoms with E-state index in [4.69, 9.17) is 0 Å². The van der Waals surface area contributed by atoms with Gasteiger partial charge in [-0.25, -0.2) is 4.98 Å². The van der Waals surface area contributed by atoms with Gasteiger partial charge in [0.05, 0.1) is 5.69 Å². The van der Waals surface area contributed by atoms with Gasteiger partial charge in [-0.2, -0.15) is 0 Å². The molecule has 2 aromatic heterocycles. The van der Waals surface area contributed by atoms with Crippen LogP contribution in [0, 0.1) is 0 Å². The molecule has 0 aliphatic rings. The Balaban J connectivity index is 2.03. The molecule has 0 aliphatic heterocycles. The minimum Gasteiger partial charge on any atom is -0.507 e. The fraction of sp³-hybridized carbons (Fsp3) is 0. The normalized spacial score (nSPS) is 10.4. The van der Waals surface area contributed by atoms with Gasteiger partial charge in [-0.05, 0) is 24.3 Å². The van der Waals surface area contributed by atoms with Gasteiger partial charge in [0.1, 0.15) is 10.8 Å². The van der Waals surface area contributed by atoms with Crippen molar-refractivity contribution >= 4 is 11.3 Å². The summed E-state index contributed by atoms with van der Waals surface area (Å²) in [5.41, 5.74) is 2.59. The van der Waals surface area contributed by atoms with Crippen LogP contribution in [0.4, 0.5) is 0 Å². The lowest BCUT2D eigenvalue weighted by Gasteiger charge is -1.99. The van der Waals surface area contributed by atoms with Crippen molar-refractivity contribution in [2.24, 2.45) is 0 Å². The van der Waals surface area contributed by atoms with E-state index in [1.54, 1.807) is 35.9 Å². The maximum atomic E-state index is 9.80. The molecule has 0 fully saturated rings. The SMILES string of the molecule is Oc1ccccc1-c1csc(-c2ccncc2)n1. The molecule has 1 N–H and O–H groups in total. The standard InChI is InChI=1S/C14H10N2OS/c17-13-4-2-1-3-11(13)12-9-18-14(16-12)10-5-7-15-8-6-10/h1-9,17H. The van der Waals surface area contributed by atoms with Crippen molar-refractivity contribution in [1.82, 2.24) is 9.97 Å². The number of aromatic nitrogens is 2. The van der Waals surface area contributed by atoms with Crippen molar-refractivity contribution in [2.45, 2.75) is 0 Å². The summed E-state index contributed by atoms with van der Waals surface area (Å²) in [5.74, 6) is 0.254. The second-order valence-electron chi connectivity index (χ2n) is 3.79. The Morgan fingerprint density at radius 3 is 2.56 bits per heavy atom. The molecule has 3 aromatic rings. The van der Waals surface area contributed by atoms with E-state index in [1.807, 2.05) is 29.6 Å². The van der Waals surface area contributed by atoms with E-state index in [2.05, 4.69) is 9.97 Å². The van der Waals surface area contributed by atoms with Gasteiger partial charge in [0.15, 0.2) is 0 Å². The molecule has 0 saturated carbocycles. The van der Waals surface area contributed by atoms with Crippen LogP contribution in [0.5, 0.6) is 5.75 Å². The highest BCUT2D eigenvalue weighted by Crippen LogP contribution is 2.32. The van der Waals surface area contributed by atoms with E-state index < -0.39 is 0 Å². The Kier molecular flexibility index (Phi) is 2.78. The van der Waals surface area contributed by atoms with Gasteiger partial charge in [-0.3, -0.25) is 4.98 Å². The molecule has 3 rings (SSSR count). The lowest BCUT2D eigenvalue weighted by Crippen LogP contribution is -1.80. The van der Waals surface area contributed by atoms with Crippen molar-refractivity contribution < 1.29 is 5.11 Å². The van der Waals surface area contributed by atoms with Gasteiger partial charge in [0.2, 0.25) is 0 Å². The maximum Gasteiger partial charge on any atom is 0.125 e. The fourth-order valence-electron chi connectivity index (χ4n) is 1.71. The molecule has 0 bridgehead atoms. The molecular weight excluding hydrogens is 244 g/mol. The summed E-state index contributed by atoms with van der Waals surface area (Å²) in [7, 11) is 0. The number of benzene rings is 1. The van der Waals surface area contributed by atoms with Crippen LogP contribution in [0.1, 0.15) is 0 Å². The van der Waals surface area contributed by atoms with E-state index >= 15 is 0 Å². The van der Waals surface area contributed by atoms with Gasteiger partial charge in [-0.15, -0.1) is 11.3 Å². The Bertz CT molecular complexity index is 664. The van der Waals surface area contributed by atoms with Crippen molar-refractivity contribution in [2.75, 3.05) is 0 Å². The van der Waals surface area contributed by atoms with Crippen LogP contribution in [0.2, 0.25) is 0 Å². The molecule has 0 amide bonds. The number of thiazole rings is 1. The minimum absolute atomic E-state index is 0.254. The quantitative estimate of drug-likeness (QED) is 0.760. The Hall–Kier alpha value is -2.20. The first-order valence-corrected chi connectivity index (χ1v) is 6.37. The first kappa shape index (κ1) is 10.9. The van der Waals surface area contributed by atoms with Crippen LogP contribution in [0.15, 0.2) is 54.2 Å². The summed E-state index contributed by atoms with van der Waals surface area (Å²) in [6.07, 6.45) is 3.49. The molecule has 3 nitrogen and oxygen atoms in total. The molecule has 0 spiro atoms. The average molecular weight is 254 g/mol. The van der Waals surface area contributed by atoms with E-state index in [1.165, 1.54) is 0 Å². The molecule has 1 aromatic carbocycles. The minimum atomic E-state index is 0.254. The lowest BCUT2D eigenvalue weighted by molar-refractivity contribution is 0.477. The van der Waals surface area contributed by atoms with Gasteiger partial charge in [-0.1, -0.05) is 12.1 Å². The lowest BCUT2D eigenvalue weighted by atomic mass is 10.1. The molecule has 0 aliphatic carbocycles. The number of pyridine rings is 1. The summed E-state index contributed by atoms with van der Waals surface area (Å²) >= 11 is 1.56. The zero-order valence-electron chi connectivity index (χ0n) is 9.45. The Labute approximate surface area is 108 Å². The van der Waals surface area contributed by atoms with Crippen molar-refractivity contribution in [3.05, 3.63) is 54.2 Å². The summed E-state index contributed by atoms with van der Waals surface area (Å²) < 4.78 is 0. The highest BCUT2D eigenvalue weighted by atomic mass is 32.1. The van der Waals surface area contributed by atoms with Gasteiger partial charge < -0.3 is 5.11 Å². The molecule has 18 heavy (non-hydrogen) atoms. The van der Waals surface area contributed by atoms with Gasteiger partial charge >= 0.3 is 0 Å². The van der Waals surface area contributed by atoms with Crippen LogP contribution >= 0.6 is 11.3 Å². The van der Waals surface area contributed by atoms with Crippen LogP contribution in [-0.2, 0) is 0 Å². The molecule has 2 heterocycles. The zero-order valence-corrected chi connectivity index (χ0v) is 10.3. The van der Waals surface area contributed by atoms with Gasteiger partial charge in [0.25, 0.3) is 0 Å². The third-order valence-corrected chi connectivity index (χ3v) is 3.50. The monoisotopic (exact) mass is 254 g/mol. The summed E-state index contributed by atoms with van der Waals surface area (Å²) in [6, 6.07) is 11.1. The average Bonchev–Trinajstić information content (AvgIpc) is 2.90. The smallest absolute Gasteiger partial charge is 0.125 e. The summed E-state index contributed by atoms with van der Waals surface area (Å²) in [4.78, 5) is 8.53. The van der Waals surface area contributed by atoms with Gasteiger partial charge in [0, 0.05) is 28.9 Å². The molecular formula is C14H10N2OS. The number of rotatable bonds is 2. The van der Waals surface area contributed by atoms with Crippen LogP contribution in [-0.4, -0.2) is 15.1 Å². The number of hydrogen-bond acceptors (Lipinski definition) is 4. The Morgan fingerprint density at radius 1 is 1.00 bits per heavy atom.